The predicted molar refractivity (Wildman–Crippen MR) is 146 cm³/mol. The van der Waals surface area contributed by atoms with Gasteiger partial charge in [0.15, 0.2) is 0 Å². The fraction of sp³-hybridized carbons (Fsp3) is 0.423. The number of nitrogens with zero attached hydrogens (tertiary/aromatic N) is 7. The largest absolute Gasteiger partial charge is 0.445 e. The average molecular weight is 518 g/mol. The topological polar surface area (TPSA) is 120 Å². The first kappa shape index (κ1) is 35.3. The van der Waals surface area contributed by atoms with Gasteiger partial charge >= 0.3 is 12.1 Å². The monoisotopic (exact) mass is 517 g/mol. The first-order valence-electron chi connectivity index (χ1n) is 11.5. The number of aromatic nitrogens is 6. The molecule has 0 bridgehead atoms. The van der Waals surface area contributed by atoms with Crippen LogP contribution in [0.25, 0.3) is 0 Å². The van der Waals surface area contributed by atoms with E-state index in [1.54, 1.807) is 24.8 Å². The van der Waals surface area contributed by atoms with Crippen molar-refractivity contribution >= 4 is 12.1 Å². The summed E-state index contributed by atoms with van der Waals surface area (Å²) in [5.74, 6) is 0. The molecular formula is C26H43N7O4. The van der Waals surface area contributed by atoms with E-state index in [0.29, 0.717) is 12.1 Å². The van der Waals surface area contributed by atoms with Crippen molar-refractivity contribution < 1.29 is 19.4 Å². The number of aliphatic hydroxyl groups excluding tert-OH is 1. The predicted octanol–water partition coefficient (Wildman–Crippen LogP) is 4.58. The van der Waals surface area contributed by atoms with Gasteiger partial charge in [0, 0.05) is 49.3 Å². The van der Waals surface area contributed by atoms with Crippen LogP contribution >= 0.6 is 0 Å². The maximum absolute atomic E-state index is 11.4. The summed E-state index contributed by atoms with van der Waals surface area (Å²) in [5, 5.41) is 7.76. The molecule has 0 aromatic carbocycles. The Morgan fingerprint density at radius 3 is 1.54 bits per heavy atom. The molecule has 3 aromatic heterocycles. The first-order valence-corrected chi connectivity index (χ1v) is 11.5. The quantitative estimate of drug-likeness (QED) is 0.472. The molecule has 0 atom stereocenters. The Labute approximate surface area is 220 Å². The molecule has 0 spiro atoms. The molecule has 0 unspecified atom stereocenters. The maximum Gasteiger partial charge on any atom is 0.419 e. The summed E-state index contributed by atoms with van der Waals surface area (Å²) in [6.07, 6.45) is 16.1. The van der Waals surface area contributed by atoms with Crippen LogP contribution in [0.3, 0.4) is 0 Å². The number of carbonyl (C=O) groups excluding carboxylic acids is 2. The van der Waals surface area contributed by atoms with Gasteiger partial charge in [-0.05, 0) is 34.2 Å². The van der Waals surface area contributed by atoms with E-state index in [9.17, 15) is 9.59 Å². The van der Waals surface area contributed by atoms with Crippen molar-refractivity contribution in [2.45, 2.75) is 54.1 Å². The molecule has 3 aromatic rings. The number of hydrogen-bond donors (Lipinski definition) is 1. The Balaban J connectivity index is 0. The lowest BCUT2D eigenvalue weighted by Crippen LogP contribution is -2.36. The van der Waals surface area contributed by atoms with Crippen LogP contribution in [-0.4, -0.2) is 82.6 Å². The Morgan fingerprint density at radius 2 is 1.30 bits per heavy atom. The summed E-state index contributed by atoms with van der Waals surface area (Å²) >= 11 is 0. The third-order valence-corrected chi connectivity index (χ3v) is 4.31. The van der Waals surface area contributed by atoms with E-state index in [2.05, 4.69) is 67.6 Å². The second-order valence-corrected chi connectivity index (χ2v) is 7.55. The van der Waals surface area contributed by atoms with Crippen LogP contribution in [0.15, 0.2) is 81.5 Å². The van der Waals surface area contributed by atoms with Gasteiger partial charge < -0.3 is 9.84 Å². The molecule has 206 valence electrons. The van der Waals surface area contributed by atoms with Crippen LogP contribution in [0, 0.1) is 0 Å². The molecule has 11 heteroatoms. The van der Waals surface area contributed by atoms with Gasteiger partial charge in [-0.25, -0.2) is 29.1 Å². The molecule has 11 nitrogen and oxygen atoms in total. The zero-order valence-corrected chi connectivity index (χ0v) is 21.8. The minimum absolute atomic E-state index is 0. The maximum atomic E-state index is 11.4. The van der Waals surface area contributed by atoms with Gasteiger partial charge in [0.2, 0.25) is 0 Å². The first-order chi connectivity index (χ1) is 17.2. The van der Waals surface area contributed by atoms with Gasteiger partial charge in [0.05, 0.1) is 6.61 Å². The molecule has 0 saturated heterocycles. The molecule has 0 radical (unpaired) electrons. The summed E-state index contributed by atoms with van der Waals surface area (Å²) in [6.45, 7) is 19.3. The lowest BCUT2D eigenvalue weighted by molar-refractivity contribution is 0.160. The molecule has 0 aliphatic rings. The third kappa shape index (κ3) is 15.0. The molecule has 0 amide bonds. The van der Waals surface area contributed by atoms with Gasteiger partial charge in [0.1, 0.15) is 25.6 Å². The number of ether oxygens (including phenoxy) is 1. The zero-order valence-electron chi connectivity index (χ0n) is 21.8. The van der Waals surface area contributed by atoms with Gasteiger partial charge in [-0.15, -0.1) is 6.58 Å². The van der Waals surface area contributed by atoms with E-state index < -0.39 is 6.09 Å². The Hall–Kier alpha value is -3.83. The molecule has 1 N–H and O–H groups in total. The number of carbonyl (C=O) groups is 2. The average Bonchev–Trinajstić information content (AvgIpc) is 3.66. The standard InChI is InChI=1S/C8H19N.C7H6N4O.C7H8N2O2.C3H6O.CH4/c1-6-9(7(2)3)8(4)5;12-7(10-3-1-8-5-10)11-4-2-9-6-11;1-2-5-11-7(10)9-4-3-8-6-9;1-2-3-4;/h7-8H,6H2,1-5H3;1-6H;2-4,6H,1,5H2;2,4H,1,3H2;1H4. The summed E-state index contributed by atoms with van der Waals surface area (Å²) in [6, 6.07) is 1.19. The van der Waals surface area contributed by atoms with Crippen LogP contribution in [0.2, 0.25) is 0 Å². The van der Waals surface area contributed by atoms with E-state index in [-0.39, 0.29) is 26.7 Å². The minimum atomic E-state index is -0.442. The second-order valence-electron chi connectivity index (χ2n) is 7.55. The van der Waals surface area contributed by atoms with Crippen molar-refractivity contribution in [3.8, 4) is 0 Å². The highest BCUT2D eigenvalue weighted by Crippen LogP contribution is 2.02. The zero-order chi connectivity index (χ0) is 27.3. The molecule has 0 fully saturated rings. The van der Waals surface area contributed by atoms with E-state index in [1.807, 2.05) is 0 Å². The highest BCUT2D eigenvalue weighted by atomic mass is 16.5. The lowest BCUT2D eigenvalue weighted by atomic mass is 10.2. The number of imidazole rings is 3. The number of hydrogen-bond acceptors (Lipinski definition) is 8. The third-order valence-electron chi connectivity index (χ3n) is 4.31. The Kier molecular flexibility index (Phi) is 20.5. The van der Waals surface area contributed by atoms with Crippen molar-refractivity contribution in [2.24, 2.45) is 0 Å². The van der Waals surface area contributed by atoms with Crippen molar-refractivity contribution in [1.82, 2.24) is 33.6 Å². The molecule has 37 heavy (non-hydrogen) atoms. The Morgan fingerprint density at radius 1 is 0.892 bits per heavy atom. The molecule has 3 heterocycles. The van der Waals surface area contributed by atoms with E-state index in [1.165, 1.54) is 57.2 Å². The van der Waals surface area contributed by atoms with Gasteiger partial charge in [-0.1, -0.05) is 33.1 Å². The summed E-state index contributed by atoms with van der Waals surface area (Å²) in [4.78, 5) is 36.0. The molecule has 0 aliphatic carbocycles. The van der Waals surface area contributed by atoms with Crippen molar-refractivity contribution in [3.05, 3.63) is 81.5 Å². The molecule has 0 saturated carbocycles. The van der Waals surface area contributed by atoms with Crippen LogP contribution < -0.4 is 0 Å². The van der Waals surface area contributed by atoms with Crippen LogP contribution in [0.5, 0.6) is 0 Å². The lowest BCUT2D eigenvalue weighted by Gasteiger charge is -2.28. The molecular weight excluding hydrogens is 474 g/mol. The van der Waals surface area contributed by atoms with Crippen molar-refractivity contribution in [2.75, 3.05) is 19.8 Å². The highest BCUT2D eigenvalue weighted by molar-refractivity contribution is 5.78. The van der Waals surface area contributed by atoms with Gasteiger partial charge in [0.25, 0.3) is 0 Å². The minimum Gasteiger partial charge on any atom is -0.445 e. The second kappa shape index (κ2) is 21.5. The highest BCUT2D eigenvalue weighted by Gasteiger charge is 2.09. The van der Waals surface area contributed by atoms with E-state index in [0.717, 1.165) is 6.54 Å². The van der Waals surface area contributed by atoms with Gasteiger partial charge in [-0.2, -0.15) is 0 Å². The summed E-state index contributed by atoms with van der Waals surface area (Å²) in [5.41, 5.74) is 0. The van der Waals surface area contributed by atoms with Crippen molar-refractivity contribution in [3.63, 3.8) is 0 Å². The number of aliphatic hydroxyl groups is 1. The van der Waals surface area contributed by atoms with Crippen LogP contribution in [0.4, 0.5) is 9.59 Å². The van der Waals surface area contributed by atoms with Crippen molar-refractivity contribution in [1.29, 1.82) is 0 Å². The van der Waals surface area contributed by atoms with E-state index in [4.69, 9.17) is 9.84 Å². The Bertz CT molecular complexity index is 907. The fourth-order valence-corrected chi connectivity index (χ4v) is 2.78. The van der Waals surface area contributed by atoms with Crippen LogP contribution in [-0.2, 0) is 4.74 Å². The fourth-order valence-electron chi connectivity index (χ4n) is 2.78. The molecule has 3 rings (SSSR count). The van der Waals surface area contributed by atoms with Gasteiger partial charge in [-0.3, -0.25) is 14.0 Å². The van der Waals surface area contributed by atoms with Crippen LogP contribution in [0.1, 0.15) is 42.0 Å². The smallest absolute Gasteiger partial charge is 0.419 e. The molecule has 0 aliphatic heterocycles. The van der Waals surface area contributed by atoms with E-state index >= 15 is 0 Å². The number of rotatable bonds is 6. The summed E-state index contributed by atoms with van der Waals surface area (Å²) < 4.78 is 8.71. The summed E-state index contributed by atoms with van der Waals surface area (Å²) in [7, 11) is 0. The SMILES string of the molecule is C.C=CCO.C=CCOC(=O)n1ccnc1.CCN(C(C)C)C(C)C.O=C(n1ccnc1)n1ccnc1. The normalized spacial score (nSPS) is 9.54.